The second-order valence-corrected chi connectivity index (χ2v) is 3.98. The molecule has 0 radical (unpaired) electrons. The first-order valence-corrected chi connectivity index (χ1v) is 4.81. The fourth-order valence-corrected chi connectivity index (χ4v) is 0.957. The molecule has 0 saturated heterocycles. The third kappa shape index (κ3) is 4.07. The summed E-state index contributed by atoms with van der Waals surface area (Å²) in [6.45, 7) is 6.87. The number of likely N-dealkylation sites (N-methyl/N-ethyl adjacent to an activating group) is 1. The van der Waals surface area contributed by atoms with Crippen molar-refractivity contribution in [2.75, 3.05) is 27.4 Å². The second-order valence-electron chi connectivity index (χ2n) is 3.98. The maximum Gasteiger partial charge on any atom is 0.328 e. The standard InChI is InChI=1S/C10H21NO3/c1-8(2)6-14-7-10(3,11-4)9(12)13-5/h8,11H,6-7H2,1-5H3. The number of rotatable bonds is 6. The van der Waals surface area contributed by atoms with E-state index in [-0.39, 0.29) is 5.97 Å². The van der Waals surface area contributed by atoms with Gasteiger partial charge in [0, 0.05) is 6.61 Å². The Balaban J connectivity index is 4.06. The SMILES string of the molecule is CNC(C)(COCC(C)C)C(=O)OC. The number of nitrogens with one attached hydrogen (secondary N) is 1. The summed E-state index contributed by atoms with van der Waals surface area (Å²) in [5.74, 6) is 0.164. The minimum atomic E-state index is -0.746. The van der Waals surface area contributed by atoms with Gasteiger partial charge < -0.3 is 14.8 Å². The van der Waals surface area contributed by atoms with Crippen LogP contribution in [0, 0.1) is 5.92 Å². The van der Waals surface area contributed by atoms with E-state index in [1.165, 1.54) is 7.11 Å². The van der Waals surface area contributed by atoms with E-state index in [0.717, 1.165) is 0 Å². The van der Waals surface area contributed by atoms with E-state index >= 15 is 0 Å². The lowest BCUT2D eigenvalue weighted by molar-refractivity contribution is -0.150. The first kappa shape index (κ1) is 13.4. The summed E-state index contributed by atoms with van der Waals surface area (Å²) in [5.41, 5.74) is -0.746. The van der Waals surface area contributed by atoms with Crippen molar-refractivity contribution >= 4 is 5.97 Å². The van der Waals surface area contributed by atoms with Crippen molar-refractivity contribution in [2.45, 2.75) is 26.3 Å². The van der Waals surface area contributed by atoms with Gasteiger partial charge in [-0.15, -0.1) is 0 Å². The van der Waals surface area contributed by atoms with Gasteiger partial charge in [-0.3, -0.25) is 0 Å². The monoisotopic (exact) mass is 203 g/mol. The Bertz CT molecular complexity index is 182. The van der Waals surface area contributed by atoms with Crippen LogP contribution >= 0.6 is 0 Å². The predicted molar refractivity (Wildman–Crippen MR) is 55.1 cm³/mol. The predicted octanol–water partition coefficient (Wildman–Crippen LogP) is 0.810. The molecular formula is C10H21NO3. The molecule has 0 saturated carbocycles. The van der Waals surface area contributed by atoms with Gasteiger partial charge in [0.2, 0.25) is 0 Å². The topological polar surface area (TPSA) is 47.6 Å². The van der Waals surface area contributed by atoms with Gasteiger partial charge in [-0.1, -0.05) is 13.8 Å². The van der Waals surface area contributed by atoms with E-state index in [4.69, 9.17) is 4.74 Å². The molecule has 0 spiro atoms. The van der Waals surface area contributed by atoms with Gasteiger partial charge in [0.05, 0.1) is 13.7 Å². The highest BCUT2D eigenvalue weighted by Crippen LogP contribution is 2.07. The molecule has 0 rings (SSSR count). The van der Waals surface area contributed by atoms with Crippen molar-refractivity contribution in [1.29, 1.82) is 0 Å². The lowest BCUT2D eigenvalue weighted by atomic mass is 10.1. The summed E-state index contributed by atoms with van der Waals surface area (Å²) in [4.78, 5) is 11.4. The molecule has 4 nitrogen and oxygen atoms in total. The quantitative estimate of drug-likeness (QED) is 0.649. The summed E-state index contributed by atoms with van der Waals surface area (Å²) < 4.78 is 10.1. The van der Waals surface area contributed by atoms with Crippen molar-refractivity contribution in [3.63, 3.8) is 0 Å². The number of esters is 1. The zero-order valence-corrected chi connectivity index (χ0v) is 9.72. The highest BCUT2D eigenvalue weighted by Gasteiger charge is 2.32. The van der Waals surface area contributed by atoms with Gasteiger partial charge in [0.15, 0.2) is 0 Å². The van der Waals surface area contributed by atoms with Crippen molar-refractivity contribution in [3.05, 3.63) is 0 Å². The van der Waals surface area contributed by atoms with Crippen LogP contribution in [0.15, 0.2) is 0 Å². The summed E-state index contributed by atoms with van der Waals surface area (Å²) in [7, 11) is 3.09. The molecule has 0 aliphatic carbocycles. The molecule has 1 N–H and O–H groups in total. The molecule has 0 aliphatic rings. The summed E-state index contributed by atoms with van der Waals surface area (Å²) in [5, 5.41) is 2.90. The van der Waals surface area contributed by atoms with Crippen molar-refractivity contribution in [2.24, 2.45) is 5.92 Å². The zero-order chi connectivity index (χ0) is 11.2. The Hall–Kier alpha value is -0.610. The van der Waals surface area contributed by atoms with Gasteiger partial charge >= 0.3 is 5.97 Å². The van der Waals surface area contributed by atoms with Crippen LogP contribution in [-0.2, 0) is 14.3 Å². The molecule has 0 aromatic carbocycles. The average Bonchev–Trinajstić information content (AvgIpc) is 2.15. The minimum absolute atomic E-state index is 0.302. The Morgan fingerprint density at radius 2 is 2.07 bits per heavy atom. The highest BCUT2D eigenvalue weighted by molar-refractivity contribution is 5.80. The Kier molecular flexibility index (Phi) is 5.72. The average molecular weight is 203 g/mol. The lowest BCUT2D eigenvalue weighted by Gasteiger charge is -2.26. The molecule has 1 atom stereocenters. The molecule has 0 amide bonds. The van der Waals surface area contributed by atoms with E-state index in [2.05, 4.69) is 23.9 Å². The molecule has 84 valence electrons. The first-order chi connectivity index (χ1) is 6.46. The van der Waals surface area contributed by atoms with Gasteiger partial charge in [0.1, 0.15) is 5.54 Å². The molecule has 0 heterocycles. The van der Waals surface area contributed by atoms with Crippen LogP contribution in [0.25, 0.3) is 0 Å². The Labute approximate surface area is 86.0 Å². The Morgan fingerprint density at radius 1 is 1.50 bits per heavy atom. The van der Waals surface area contributed by atoms with Gasteiger partial charge in [0.25, 0.3) is 0 Å². The molecule has 14 heavy (non-hydrogen) atoms. The summed E-state index contributed by atoms with van der Waals surface area (Å²) in [6, 6.07) is 0. The maximum atomic E-state index is 11.4. The largest absolute Gasteiger partial charge is 0.468 e. The fourth-order valence-electron chi connectivity index (χ4n) is 0.957. The fraction of sp³-hybridized carbons (Fsp3) is 0.900. The van der Waals surface area contributed by atoms with Gasteiger partial charge in [-0.05, 0) is 19.9 Å². The molecule has 4 heteroatoms. The van der Waals surface area contributed by atoms with Crippen LogP contribution in [0.4, 0.5) is 0 Å². The molecule has 0 aromatic heterocycles. The number of ether oxygens (including phenoxy) is 2. The second kappa shape index (κ2) is 5.98. The van der Waals surface area contributed by atoms with E-state index in [0.29, 0.717) is 19.1 Å². The minimum Gasteiger partial charge on any atom is -0.468 e. The van der Waals surface area contributed by atoms with Crippen LogP contribution in [0.3, 0.4) is 0 Å². The molecule has 0 fully saturated rings. The molecular weight excluding hydrogens is 182 g/mol. The van der Waals surface area contributed by atoms with Crippen LogP contribution in [0.1, 0.15) is 20.8 Å². The number of hydrogen-bond acceptors (Lipinski definition) is 4. The molecule has 0 aromatic rings. The molecule has 0 bridgehead atoms. The molecule has 0 aliphatic heterocycles. The third-order valence-electron chi connectivity index (χ3n) is 2.03. The first-order valence-electron chi connectivity index (χ1n) is 4.81. The maximum absolute atomic E-state index is 11.4. The van der Waals surface area contributed by atoms with Gasteiger partial charge in [-0.25, -0.2) is 4.79 Å². The van der Waals surface area contributed by atoms with E-state index in [1.807, 2.05) is 0 Å². The van der Waals surface area contributed by atoms with Gasteiger partial charge in [-0.2, -0.15) is 0 Å². The third-order valence-corrected chi connectivity index (χ3v) is 2.03. The molecule has 1 unspecified atom stereocenters. The summed E-state index contributed by atoms with van der Waals surface area (Å²) >= 11 is 0. The van der Waals surface area contributed by atoms with Crippen LogP contribution < -0.4 is 5.32 Å². The van der Waals surface area contributed by atoms with E-state index < -0.39 is 5.54 Å². The van der Waals surface area contributed by atoms with E-state index in [1.54, 1.807) is 14.0 Å². The lowest BCUT2D eigenvalue weighted by Crippen LogP contribution is -2.52. The smallest absolute Gasteiger partial charge is 0.328 e. The van der Waals surface area contributed by atoms with Crippen LogP contribution in [0.5, 0.6) is 0 Å². The van der Waals surface area contributed by atoms with Crippen molar-refractivity contribution in [1.82, 2.24) is 5.32 Å². The number of carbonyl (C=O) groups excluding carboxylic acids is 1. The number of methoxy groups -OCH3 is 1. The normalized spacial score (nSPS) is 15.3. The number of hydrogen-bond donors (Lipinski definition) is 1. The Morgan fingerprint density at radius 3 is 2.43 bits per heavy atom. The van der Waals surface area contributed by atoms with Crippen LogP contribution in [-0.4, -0.2) is 38.9 Å². The van der Waals surface area contributed by atoms with Crippen LogP contribution in [0.2, 0.25) is 0 Å². The van der Waals surface area contributed by atoms with Crippen molar-refractivity contribution in [3.8, 4) is 0 Å². The number of carbonyl (C=O) groups is 1. The zero-order valence-electron chi connectivity index (χ0n) is 9.72. The van der Waals surface area contributed by atoms with Crippen molar-refractivity contribution < 1.29 is 14.3 Å². The highest BCUT2D eigenvalue weighted by atomic mass is 16.5. The summed E-state index contributed by atoms with van der Waals surface area (Å²) in [6.07, 6.45) is 0. The van der Waals surface area contributed by atoms with E-state index in [9.17, 15) is 4.79 Å².